The largest absolute Gasteiger partial charge is 0.326 e. The molecule has 0 spiro atoms. The molecule has 1 aromatic rings. The van der Waals surface area contributed by atoms with E-state index in [0.717, 1.165) is 55.9 Å². The van der Waals surface area contributed by atoms with E-state index >= 15 is 0 Å². The molecular weight excluding hydrogens is 346 g/mol. The maximum absolute atomic E-state index is 12.8. The zero-order valence-corrected chi connectivity index (χ0v) is 16.7. The highest BCUT2D eigenvalue weighted by Crippen LogP contribution is 2.34. The fourth-order valence-electron chi connectivity index (χ4n) is 4.33. The van der Waals surface area contributed by atoms with Gasteiger partial charge < -0.3 is 9.47 Å². The number of nitrogens with zero attached hydrogens (tertiary/aromatic N) is 5. The predicted molar refractivity (Wildman–Crippen MR) is 102 cm³/mol. The third-order valence-corrected chi connectivity index (χ3v) is 6.93. The number of hydrogen-bond acceptors (Lipinski definition) is 5. The first kappa shape index (κ1) is 19.2. The van der Waals surface area contributed by atoms with Gasteiger partial charge in [-0.05, 0) is 32.6 Å². The molecule has 0 atom stereocenters. The van der Waals surface area contributed by atoms with Gasteiger partial charge in [-0.25, -0.2) is 0 Å². The normalized spacial score (nSPS) is 20.5. The molecule has 6 nitrogen and oxygen atoms in total. The molecule has 1 heterocycles. The highest BCUT2D eigenvalue weighted by atomic mass is 32.2. The number of aromatic nitrogens is 3. The van der Waals surface area contributed by atoms with Gasteiger partial charge in [0.15, 0.2) is 5.16 Å². The highest BCUT2D eigenvalue weighted by molar-refractivity contribution is 7.99. The van der Waals surface area contributed by atoms with Crippen LogP contribution in [0.15, 0.2) is 5.16 Å². The maximum atomic E-state index is 12.8. The minimum Gasteiger partial charge on any atom is -0.326 e. The van der Waals surface area contributed by atoms with Gasteiger partial charge in [-0.1, -0.05) is 50.3 Å². The van der Waals surface area contributed by atoms with Crippen LogP contribution in [0.1, 0.15) is 76.1 Å². The second kappa shape index (κ2) is 8.43. The number of aryl methyl sites for hydroxylation is 1. The van der Waals surface area contributed by atoms with Crippen LogP contribution < -0.4 is 0 Å². The van der Waals surface area contributed by atoms with Crippen LogP contribution in [-0.4, -0.2) is 43.9 Å². The van der Waals surface area contributed by atoms with Crippen molar-refractivity contribution in [1.29, 1.82) is 5.26 Å². The maximum Gasteiger partial charge on any atom is 0.234 e. The summed E-state index contributed by atoms with van der Waals surface area (Å²) < 4.78 is 2.22. The topological polar surface area (TPSA) is 74.8 Å². The van der Waals surface area contributed by atoms with Crippen molar-refractivity contribution in [1.82, 2.24) is 19.7 Å². The highest BCUT2D eigenvalue weighted by Gasteiger charge is 2.38. The van der Waals surface area contributed by atoms with E-state index in [1.165, 1.54) is 31.0 Å². The van der Waals surface area contributed by atoms with Crippen molar-refractivity contribution in [3.63, 3.8) is 0 Å². The van der Waals surface area contributed by atoms with E-state index in [0.29, 0.717) is 11.8 Å². The zero-order chi connectivity index (χ0) is 18.6. The third-order valence-electron chi connectivity index (χ3n) is 6.00. The Morgan fingerprint density at radius 3 is 2.54 bits per heavy atom. The van der Waals surface area contributed by atoms with Crippen molar-refractivity contribution < 1.29 is 4.79 Å². The summed E-state index contributed by atoms with van der Waals surface area (Å²) in [5.41, 5.74) is -0.622. The second-order valence-corrected chi connectivity index (χ2v) is 8.58. The molecule has 1 amide bonds. The van der Waals surface area contributed by atoms with E-state index in [9.17, 15) is 10.1 Å². The predicted octanol–water partition coefficient (Wildman–Crippen LogP) is 3.87. The summed E-state index contributed by atoms with van der Waals surface area (Å²) in [5, 5.41) is 19.1. The molecule has 1 aromatic heterocycles. The molecule has 0 bridgehead atoms. The summed E-state index contributed by atoms with van der Waals surface area (Å²) in [6, 6.07) is 2.88. The molecular formula is C19H29N5OS. The van der Waals surface area contributed by atoms with Crippen LogP contribution in [0.25, 0.3) is 0 Å². The van der Waals surface area contributed by atoms with Crippen molar-refractivity contribution in [2.45, 2.75) is 87.9 Å². The molecule has 0 saturated heterocycles. The van der Waals surface area contributed by atoms with Crippen molar-refractivity contribution >= 4 is 17.7 Å². The Balaban J connectivity index is 1.65. The average Bonchev–Trinajstić information content (AvgIpc) is 3.07. The van der Waals surface area contributed by atoms with E-state index in [1.54, 1.807) is 11.9 Å². The Labute approximate surface area is 160 Å². The van der Waals surface area contributed by atoms with Crippen LogP contribution in [0.5, 0.6) is 0 Å². The lowest BCUT2D eigenvalue weighted by Crippen LogP contribution is -2.50. The number of carbonyl (C=O) groups is 1. The number of thioether (sulfide) groups is 1. The summed E-state index contributed by atoms with van der Waals surface area (Å²) in [4.78, 5) is 14.5. The number of rotatable bonds is 5. The first-order chi connectivity index (χ1) is 12.6. The molecule has 0 N–H and O–H groups in total. The quantitative estimate of drug-likeness (QED) is 0.730. The second-order valence-electron chi connectivity index (χ2n) is 7.64. The smallest absolute Gasteiger partial charge is 0.234 e. The third kappa shape index (κ3) is 3.90. The van der Waals surface area contributed by atoms with Crippen molar-refractivity contribution in [2.75, 3.05) is 12.8 Å². The van der Waals surface area contributed by atoms with Crippen LogP contribution in [0, 0.1) is 18.3 Å². The van der Waals surface area contributed by atoms with Gasteiger partial charge in [0.2, 0.25) is 5.91 Å². The minimum absolute atomic E-state index is 0.00861. The average molecular weight is 376 g/mol. The lowest BCUT2D eigenvalue weighted by Gasteiger charge is -2.39. The monoisotopic (exact) mass is 375 g/mol. The standard InChI is InChI=1S/C19H29N5OS/c1-15-21-22-18(24(15)16-9-5-3-6-10-16)26-13-17(25)23(2)19(14-20)11-7-4-8-12-19/h16H,3-13H2,1-2H3. The van der Waals surface area contributed by atoms with Gasteiger partial charge in [-0.2, -0.15) is 5.26 Å². The lowest BCUT2D eigenvalue weighted by atomic mass is 9.81. The molecule has 2 aliphatic carbocycles. The SMILES string of the molecule is Cc1nnc(SCC(=O)N(C)C2(C#N)CCCCC2)n1C1CCCCC1. The van der Waals surface area contributed by atoms with Gasteiger partial charge in [0.1, 0.15) is 11.4 Å². The Morgan fingerprint density at radius 2 is 1.88 bits per heavy atom. The molecule has 2 saturated carbocycles. The Kier molecular flexibility index (Phi) is 6.23. The summed E-state index contributed by atoms with van der Waals surface area (Å²) in [5.74, 6) is 1.25. The first-order valence-electron chi connectivity index (χ1n) is 9.79. The zero-order valence-electron chi connectivity index (χ0n) is 15.9. The van der Waals surface area contributed by atoms with Crippen molar-refractivity contribution in [3.8, 4) is 6.07 Å². The summed E-state index contributed by atoms with van der Waals surface area (Å²) in [7, 11) is 1.79. The number of nitriles is 1. The Morgan fingerprint density at radius 1 is 1.23 bits per heavy atom. The van der Waals surface area contributed by atoms with Crippen molar-refractivity contribution in [3.05, 3.63) is 5.82 Å². The molecule has 0 aromatic carbocycles. The van der Waals surface area contributed by atoms with Crippen LogP contribution in [0.4, 0.5) is 0 Å². The molecule has 7 heteroatoms. The van der Waals surface area contributed by atoms with Crippen molar-refractivity contribution in [2.24, 2.45) is 0 Å². The minimum atomic E-state index is -0.622. The molecule has 0 radical (unpaired) electrons. The number of amides is 1. The van der Waals surface area contributed by atoms with Gasteiger partial charge in [0, 0.05) is 13.1 Å². The van der Waals surface area contributed by atoms with Gasteiger partial charge >= 0.3 is 0 Å². The molecule has 26 heavy (non-hydrogen) atoms. The Hall–Kier alpha value is -1.55. The Bertz CT molecular complexity index is 668. The van der Waals surface area contributed by atoms with Crippen LogP contribution in [0.3, 0.4) is 0 Å². The molecule has 142 valence electrons. The molecule has 2 aliphatic rings. The lowest BCUT2D eigenvalue weighted by molar-refractivity contribution is -0.131. The summed E-state index contributed by atoms with van der Waals surface area (Å²) in [6.45, 7) is 1.99. The number of hydrogen-bond donors (Lipinski definition) is 0. The van der Waals surface area contributed by atoms with Gasteiger partial charge in [-0.3, -0.25) is 4.79 Å². The van der Waals surface area contributed by atoms with E-state index < -0.39 is 5.54 Å². The number of carbonyl (C=O) groups excluding carboxylic acids is 1. The van der Waals surface area contributed by atoms with E-state index in [-0.39, 0.29) is 5.91 Å². The summed E-state index contributed by atoms with van der Waals surface area (Å²) in [6.07, 6.45) is 10.9. The fourth-order valence-corrected chi connectivity index (χ4v) is 5.29. The van der Waals surface area contributed by atoms with Gasteiger partial charge in [0.05, 0.1) is 11.8 Å². The summed E-state index contributed by atoms with van der Waals surface area (Å²) >= 11 is 1.46. The molecule has 0 aliphatic heterocycles. The molecule has 2 fully saturated rings. The fraction of sp³-hybridized carbons (Fsp3) is 0.789. The van der Waals surface area contributed by atoms with E-state index in [2.05, 4.69) is 20.8 Å². The van der Waals surface area contributed by atoms with Gasteiger partial charge in [-0.15, -0.1) is 10.2 Å². The van der Waals surface area contributed by atoms with Crippen LogP contribution >= 0.6 is 11.8 Å². The van der Waals surface area contributed by atoms with E-state index in [1.807, 2.05) is 6.92 Å². The first-order valence-corrected chi connectivity index (χ1v) is 10.8. The van der Waals surface area contributed by atoms with Crippen LogP contribution in [-0.2, 0) is 4.79 Å². The van der Waals surface area contributed by atoms with Crippen LogP contribution in [0.2, 0.25) is 0 Å². The van der Waals surface area contributed by atoms with Gasteiger partial charge in [0.25, 0.3) is 0 Å². The molecule has 3 rings (SSSR count). The molecule has 0 unspecified atom stereocenters. The van der Waals surface area contributed by atoms with E-state index in [4.69, 9.17) is 0 Å².